The van der Waals surface area contributed by atoms with Gasteiger partial charge in [-0.25, -0.2) is 14.2 Å². The topological polar surface area (TPSA) is 112 Å². The molecule has 0 saturated carbocycles. The van der Waals surface area contributed by atoms with Crippen LogP contribution >= 0.6 is 35.6 Å². The number of amides is 2. The molecule has 0 saturated heterocycles. The van der Waals surface area contributed by atoms with Gasteiger partial charge < -0.3 is 25.5 Å². The number of halogens is 3. The SMILES string of the molecule is CCc1cccc(CC)c1-n1nc2c(c1-c1ccc(Cl)c3[nH]ccc13)CN(C(=O)Nc1ccccc1)CC2.CCc1cccc(CC)c1-n1nc2c(c1-c1ccc(Cl)c3[nH]ccc13)CNCC2.Cl. The molecule has 0 fully saturated rings. The molecule has 13 heteroatoms. The number of carbonyl (C=O) groups excluding carboxylic acids is 1. The van der Waals surface area contributed by atoms with Crippen LogP contribution in [0.3, 0.4) is 0 Å². The zero-order chi connectivity index (χ0) is 46.2. The lowest BCUT2D eigenvalue weighted by atomic mass is 9.97. The second-order valence-corrected chi connectivity index (χ2v) is 18.1. The molecular weight excluding hydrogens is 909 g/mol. The van der Waals surface area contributed by atoms with Crippen molar-refractivity contribution in [2.45, 2.75) is 79.3 Å². The minimum Gasteiger partial charge on any atom is -0.360 e. The maximum Gasteiger partial charge on any atom is 0.322 e. The molecule has 68 heavy (non-hydrogen) atoms. The van der Waals surface area contributed by atoms with Crippen LogP contribution in [0.1, 0.15) is 72.5 Å². The summed E-state index contributed by atoms with van der Waals surface area (Å²) >= 11 is 13.0. The first kappa shape index (κ1) is 46.8. The minimum absolute atomic E-state index is 0. The molecule has 4 aromatic heterocycles. The molecular formula is C55H56Cl3N9O. The zero-order valence-corrected chi connectivity index (χ0v) is 41.2. The van der Waals surface area contributed by atoms with Crippen LogP contribution in [0.2, 0.25) is 10.0 Å². The van der Waals surface area contributed by atoms with E-state index in [1.54, 1.807) is 0 Å². The van der Waals surface area contributed by atoms with E-state index in [-0.39, 0.29) is 18.4 Å². The Morgan fingerprint density at radius 3 is 1.63 bits per heavy atom. The maximum absolute atomic E-state index is 13.3. The average Bonchev–Trinajstić information content (AvgIpc) is 4.20. The molecule has 9 aromatic rings. The lowest BCUT2D eigenvalue weighted by Gasteiger charge is -2.27. The first-order valence-electron chi connectivity index (χ1n) is 23.6. The van der Waals surface area contributed by atoms with Crippen LogP contribution in [0, 0.1) is 0 Å². The lowest BCUT2D eigenvalue weighted by molar-refractivity contribution is 0.206. The highest BCUT2D eigenvalue weighted by Crippen LogP contribution is 2.41. The summed E-state index contributed by atoms with van der Waals surface area (Å²) in [4.78, 5) is 21.8. The van der Waals surface area contributed by atoms with Gasteiger partial charge in [0.15, 0.2) is 0 Å². The van der Waals surface area contributed by atoms with Gasteiger partial charge in [0.25, 0.3) is 0 Å². The smallest absolute Gasteiger partial charge is 0.322 e. The van der Waals surface area contributed by atoms with E-state index >= 15 is 0 Å². The zero-order valence-electron chi connectivity index (χ0n) is 38.8. The van der Waals surface area contributed by atoms with Crippen LogP contribution in [0.15, 0.2) is 116 Å². The third kappa shape index (κ3) is 8.49. The number of anilines is 1. The Labute approximate surface area is 413 Å². The van der Waals surface area contributed by atoms with E-state index in [4.69, 9.17) is 33.4 Å². The number of urea groups is 1. The van der Waals surface area contributed by atoms with Crippen LogP contribution in [-0.2, 0) is 51.6 Å². The molecule has 0 atom stereocenters. The van der Waals surface area contributed by atoms with Crippen molar-refractivity contribution in [3.63, 3.8) is 0 Å². The Balaban J connectivity index is 0.000000173. The number of aromatic nitrogens is 6. The van der Waals surface area contributed by atoms with Gasteiger partial charge in [-0.15, -0.1) is 12.4 Å². The van der Waals surface area contributed by atoms with Crippen LogP contribution in [0.4, 0.5) is 10.5 Å². The fraction of sp³-hybridized carbons (Fsp3) is 0.255. The molecule has 0 spiro atoms. The molecule has 348 valence electrons. The van der Waals surface area contributed by atoms with Crippen molar-refractivity contribution in [3.8, 4) is 33.9 Å². The Kier molecular flexibility index (Phi) is 13.8. The number of nitrogens with one attached hydrogen (secondary N) is 4. The van der Waals surface area contributed by atoms with Gasteiger partial charge in [-0.3, -0.25) is 0 Å². The predicted octanol–water partition coefficient (Wildman–Crippen LogP) is 13.3. The third-order valence-electron chi connectivity index (χ3n) is 13.5. The second kappa shape index (κ2) is 20.1. The number of aromatic amines is 2. The second-order valence-electron chi connectivity index (χ2n) is 17.3. The van der Waals surface area contributed by atoms with Gasteiger partial charge in [-0.1, -0.05) is 118 Å². The Hall–Kier alpha value is -6.30. The number of rotatable bonds is 9. The van der Waals surface area contributed by atoms with Gasteiger partial charge >= 0.3 is 6.03 Å². The van der Waals surface area contributed by atoms with Crippen molar-refractivity contribution in [2.75, 3.05) is 18.4 Å². The van der Waals surface area contributed by atoms with E-state index in [1.165, 1.54) is 50.5 Å². The molecule has 2 amide bonds. The number of fused-ring (bicyclic) bond motifs is 4. The van der Waals surface area contributed by atoms with Gasteiger partial charge in [0.05, 0.1) is 61.8 Å². The quantitative estimate of drug-likeness (QED) is 0.115. The van der Waals surface area contributed by atoms with Gasteiger partial charge in [-0.2, -0.15) is 10.2 Å². The number of hydrogen-bond donors (Lipinski definition) is 4. The molecule has 4 N–H and O–H groups in total. The van der Waals surface area contributed by atoms with E-state index < -0.39 is 0 Å². The number of nitrogens with zero attached hydrogens (tertiary/aromatic N) is 5. The summed E-state index contributed by atoms with van der Waals surface area (Å²) in [6, 6.07) is 34.9. The summed E-state index contributed by atoms with van der Waals surface area (Å²) in [6.45, 7) is 11.7. The van der Waals surface area contributed by atoms with Gasteiger partial charge in [0, 0.05) is 83.6 Å². The summed E-state index contributed by atoms with van der Waals surface area (Å²) in [5, 5.41) is 20.6. The van der Waals surface area contributed by atoms with Crippen molar-refractivity contribution in [1.82, 2.24) is 39.7 Å². The lowest BCUT2D eigenvalue weighted by Crippen LogP contribution is -2.38. The number of aryl methyl sites for hydroxylation is 4. The minimum atomic E-state index is -0.105. The first-order chi connectivity index (χ1) is 32.8. The summed E-state index contributed by atoms with van der Waals surface area (Å²) in [6.07, 6.45) is 9.29. The first-order valence-corrected chi connectivity index (χ1v) is 24.3. The van der Waals surface area contributed by atoms with Crippen molar-refractivity contribution < 1.29 is 4.79 Å². The van der Waals surface area contributed by atoms with Crippen LogP contribution in [0.25, 0.3) is 55.7 Å². The van der Waals surface area contributed by atoms with Gasteiger partial charge in [-0.05, 0) is 84.3 Å². The summed E-state index contributed by atoms with van der Waals surface area (Å²) in [5.41, 5.74) is 19.3. The molecule has 2 aliphatic heterocycles. The highest BCUT2D eigenvalue weighted by atomic mass is 35.5. The van der Waals surface area contributed by atoms with Crippen molar-refractivity contribution in [3.05, 3.63) is 170 Å². The van der Waals surface area contributed by atoms with E-state index in [0.29, 0.717) is 24.5 Å². The number of hydrogen-bond acceptors (Lipinski definition) is 4. The summed E-state index contributed by atoms with van der Waals surface area (Å²) in [7, 11) is 0. The number of para-hydroxylation sites is 3. The Morgan fingerprint density at radius 2 is 1.12 bits per heavy atom. The monoisotopic (exact) mass is 963 g/mol. The molecule has 10 nitrogen and oxygen atoms in total. The number of carbonyl (C=O) groups is 1. The number of benzene rings is 5. The average molecular weight is 965 g/mol. The third-order valence-corrected chi connectivity index (χ3v) is 14.1. The summed E-state index contributed by atoms with van der Waals surface area (Å²) < 4.78 is 4.35. The Morgan fingerprint density at radius 1 is 0.618 bits per heavy atom. The molecule has 0 bridgehead atoms. The van der Waals surface area contributed by atoms with Crippen molar-refractivity contribution in [2.24, 2.45) is 0 Å². The molecule has 6 heterocycles. The highest BCUT2D eigenvalue weighted by Gasteiger charge is 2.31. The van der Waals surface area contributed by atoms with Crippen LogP contribution < -0.4 is 10.6 Å². The largest absolute Gasteiger partial charge is 0.360 e. The number of H-pyrrole nitrogens is 2. The normalized spacial score (nSPS) is 13.2. The molecule has 2 aliphatic rings. The van der Waals surface area contributed by atoms with Crippen molar-refractivity contribution >= 4 is 69.1 Å². The van der Waals surface area contributed by atoms with E-state index in [9.17, 15) is 4.79 Å². The van der Waals surface area contributed by atoms with E-state index in [0.717, 1.165) is 106 Å². The molecule has 0 unspecified atom stereocenters. The van der Waals surface area contributed by atoms with Gasteiger partial charge in [0.1, 0.15) is 0 Å². The predicted molar refractivity (Wildman–Crippen MR) is 281 cm³/mol. The van der Waals surface area contributed by atoms with E-state index in [2.05, 4.69) is 118 Å². The molecule has 11 rings (SSSR count). The maximum atomic E-state index is 13.3. The van der Waals surface area contributed by atoms with Crippen LogP contribution in [0.5, 0.6) is 0 Å². The van der Waals surface area contributed by atoms with Gasteiger partial charge in [0.2, 0.25) is 0 Å². The molecule has 5 aromatic carbocycles. The van der Waals surface area contributed by atoms with E-state index in [1.807, 2.05) is 59.8 Å². The highest BCUT2D eigenvalue weighted by molar-refractivity contribution is 6.36. The Bertz CT molecular complexity index is 3230. The van der Waals surface area contributed by atoms with Crippen molar-refractivity contribution in [1.29, 1.82) is 0 Å². The molecule has 0 aliphatic carbocycles. The standard InChI is InChI=1S/C31H30ClN5O.C24H25ClN4.ClH/c1-3-20-9-8-10-21(4-2)29(20)37-30(24-13-14-26(32)28-23(24)15-17-33-28)25-19-36(18-16-27(25)35-37)31(38)34-22-11-6-5-7-12-22;1-3-15-6-5-7-16(4-2)23(15)29-24(19-14-26-12-11-21(19)28-29)18-8-9-20(25)22-17(18)10-13-27-22;/h5-15,17,33H,3-4,16,18-19H2,1-2H3,(H,34,38);5-10,13,26-27H,3-4,11-12,14H2,1-2H3;1H. The fourth-order valence-corrected chi connectivity index (χ4v) is 10.5. The summed E-state index contributed by atoms with van der Waals surface area (Å²) in [5.74, 6) is 0. The fourth-order valence-electron chi connectivity index (χ4n) is 10.1. The van der Waals surface area contributed by atoms with Crippen LogP contribution in [-0.4, -0.2) is 53.5 Å². The molecule has 0 radical (unpaired) electrons.